The van der Waals surface area contributed by atoms with Crippen molar-refractivity contribution in [3.8, 4) is 0 Å². The summed E-state index contributed by atoms with van der Waals surface area (Å²) in [5.74, 6) is 0. The summed E-state index contributed by atoms with van der Waals surface area (Å²) in [5, 5.41) is 9.20. The van der Waals surface area contributed by atoms with E-state index in [1.165, 1.54) is 14.2 Å². The molecule has 1 atom stereocenters. The van der Waals surface area contributed by atoms with E-state index in [9.17, 15) is 18.3 Å². The minimum atomic E-state index is -4.59. The third-order valence-electron chi connectivity index (χ3n) is 2.77. The predicted octanol–water partition coefficient (Wildman–Crippen LogP) is 2.44. The zero-order valence-corrected chi connectivity index (χ0v) is 11.0. The van der Waals surface area contributed by atoms with Gasteiger partial charge in [0.15, 0.2) is 5.60 Å². The normalized spacial score (nSPS) is 17.2. The zero-order valence-electron chi connectivity index (χ0n) is 10.0. The predicted molar refractivity (Wildman–Crippen MR) is 56.4 cm³/mol. The van der Waals surface area contributed by atoms with Crippen LogP contribution in [-0.4, -0.2) is 39.7 Å². The number of rotatable bonds is 6. The van der Waals surface area contributed by atoms with Gasteiger partial charge in [-0.15, -0.1) is 0 Å². The minimum absolute atomic E-state index is 0.219. The van der Waals surface area contributed by atoms with Gasteiger partial charge in [0.1, 0.15) is 0 Å². The lowest BCUT2D eigenvalue weighted by molar-refractivity contribution is -0.255. The van der Waals surface area contributed by atoms with Gasteiger partial charge in [0.2, 0.25) is 0 Å². The second-order valence-electron chi connectivity index (χ2n) is 4.17. The molecular weight excluding hydrogens is 241 g/mol. The van der Waals surface area contributed by atoms with Gasteiger partial charge >= 0.3 is 14.7 Å². The lowest BCUT2D eigenvalue weighted by Crippen LogP contribution is -2.43. The SMILES string of the molecule is CO[Si](C)(CCCC(C)(O)C(F)(F)F)OC. The molecule has 0 aromatic rings. The molecule has 0 fully saturated rings. The van der Waals surface area contributed by atoms with Crippen molar-refractivity contribution in [2.75, 3.05) is 14.2 Å². The van der Waals surface area contributed by atoms with Crippen LogP contribution in [0.4, 0.5) is 13.2 Å². The van der Waals surface area contributed by atoms with Crippen LogP contribution in [0.3, 0.4) is 0 Å². The number of alkyl halides is 3. The second-order valence-corrected chi connectivity index (χ2v) is 7.75. The Kier molecular flexibility index (Phi) is 5.44. The molecule has 0 aliphatic rings. The van der Waals surface area contributed by atoms with Crippen molar-refractivity contribution in [3.63, 3.8) is 0 Å². The summed E-state index contributed by atoms with van der Waals surface area (Å²) in [5.41, 5.74) is -2.64. The summed E-state index contributed by atoms with van der Waals surface area (Å²) in [6, 6.07) is 0.423. The van der Waals surface area contributed by atoms with Gasteiger partial charge in [-0.3, -0.25) is 0 Å². The first-order valence-electron chi connectivity index (χ1n) is 4.97. The second kappa shape index (κ2) is 5.48. The first-order chi connectivity index (χ1) is 7.08. The molecule has 0 radical (unpaired) electrons. The standard InChI is InChI=1S/C9H19F3O3Si/c1-8(13,9(10,11)12)6-5-7-16(4,14-2)15-3/h13H,5-7H2,1-4H3. The van der Waals surface area contributed by atoms with Crippen LogP contribution in [0.2, 0.25) is 12.6 Å². The lowest BCUT2D eigenvalue weighted by atomic mass is 10.0. The van der Waals surface area contributed by atoms with E-state index in [4.69, 9.17) is 8.85 Å². The van der Waals surface area contributed by atoms with Crippen molar-refractivity contribution in [1.29, 1.82) is 0 Å². The van der Waals surface area contributed by atoms with E-state index in [1.54, 1.807) is 6.55 Å². The van der Waals surface area contributed by atoms with E-state index in [0.29, 0.717) is 6.04 Å². The Hall–Kier alpha value is -0.113. The first kappa shape index (κ1) is 15.9. The van der Waals surface area contributed by atoms with Crippen LogP contribution in [0.25, 0.3) is 0 Å². The highest BCUT2D eigenvalue weighted by Gasteiger charge is 2.49. The zero-order chi connectivity index (χ0) is 13.0. The van der Waals surface area contributed by atoms with Gasteiger partial charge in [-0.2, -0.15) is 13.2 Å². The summed E-state index contributed by atoms with van der Waals surface area (Å²) in [7, 11) is 0.633. The third-order valence-corrected chi connectivity index (χ3v) is 5.76. The van der Waals surface area contributed by atoms with Gasteiger partial charge in [0.05, 0.1) is 0 Å². The molecule has 0 aromatic heterocycles. The Morgan fingerprint density at radius 3 is 1.94 bits per heavy atom. The van der Waals surface area contributed by atoms with Crippen molar-refractivity contribution in [2.45, 2.75) is 44.1 Å². The molecular formula is C9H19F3O3Si. The van der Waals surface area contributed by atoms with Gasteiger partial charge in [-0.05, 0) is 32.4 Å². The van der Waals surface area contributed by atoms with Gasteiger partial charge in [-0.25, -0.2) is 0 Å². The average Bonchev–Trinajstić information content (AvgIpc) is 2.15. The summed E-state index contributed by atoms with van der Waals surface area (Å²) < 4.78 is 47.2. The van der Waals surface area contributed by atoms with Gasteiger partial charge < -0.3 is 14.0 Å². The highest BCUT2D eigenvalue weighted by atomic mass is 28.4. The van der Waals surface area contributed by atoms with Crippen molar-refractivity contribution < 1.29 is 27.1 Å². The van der Waals surface area contributed by atoms with Crippen molar-refractivity contribution >= 4 is 8.56 Å². The summed E-state index contributed by atoms with van der Waals surface area (Å²) in [6.07, 6.45) is -4.71. The third kappa shape index (κ3) is 4.40. The molecule has 98 valence electrons. The minimum Gasteiger partial charge on any atom is -0.398 e. The monoisotopic (exact) mass is 260 g/mol. The number of aliphatic hydroxyl groups is 1. The van der Waals surface area contributed by atoms with Crippen LogP contribution >= 0.6 is 0 Å². The molecule has 0 amide bonds. The van der Waals surface area contributed by atoms with Crippen molar-refractivity contribution in [2.24, 2.45) is 0 Å². The van der Waals surface area contributed by atoms with Crippen LogP contribution in [0, 0.1) is 0 Å². The Labute approximate surface area is 94.8 Å². The molecule has 1 unspecified atom stereocenters. The van der Waals surface area contributed by atoms with Crippen LogP contribution in [0.5, 0.6) is 0 Å². The van der Waals surface area contributed by atoms with E-state index in [0.717, 1.165) is 6.92 Å². The average molecular weight is 260 g/mol. The summed E-state index contributed by atoms with van der Waals surface area (Å²) in [6.45, 7) is 2.56. The van der Waals surface area contributed by atoms with Crippen LogP contribution in [-0.2, 0) is 8.85 Å². The quantitative estimate of drug-likeness (QED) is 0.746. The molecule has 3 nitrogen and oxygen atoms in total. The molecule has 1 N–H and O–H groups in total. The van der Waals surface area contributed by atoms with Crippen molar-refractivity contribution in [1.82, 2.24) is 0 Å². The highest BCUT2D eigenvalue weighted by molar-refractivity contribution is 6.65. The van der Waals surface area contributed by atoms with E-state index in [1.807, 2.05) is 0 Å². The molecule has 0 saturated heterocycles. The maximum absolute atomic E-state index is 12.3. The first-order valence-corrected chi connectivity index (χ1v) is 7.50. The number of halogens is 3. The number of hydrogen-bond donors (Lipinski definition) is 1. The fourth-order valence-electron chi connectivity index (χ4n) is 1.18. The molecule has 7 heteroatoms. The summed E-state index contributed by atoms with van der Waals surface area (Å²) >= 11 is 0. The van der Waals surface area contributed by atoms with Gasteiger partial charge in [0.25, 0.3) is 0 Å². The fraction of sp³-hybridized carbons (Fsp3) is 1.00. The Bertz CT molecular complexity index is 215. The summed E-state index contributed by atoms with van der Waals surface area (Å²) in [4.78, 5) is 0. The van der Waals surface area contributed by atoms with Crippen molar-refractivity contribution in [3.05, 3.63) is 0 Å². The Morgan fingerprint density at radius 2 is 1.62 bits per heavy atom. The van der Waals surface area contributed by atoms with E-state index >= 15 is 0 Å². The van der Waals surface area contributed by atoms with Gasteiger partial charge in [0, 0.05) is 14.2 Å². The smallest absolute Gasteiger partial charge is 0.398 e. The van der Waals surface area contributed by atoms with E-state index < -0.39 is 20.3 Å². The van der Waals surface area contributed by atoms with E-state index in [-0.39, 0.29) is 12.8 Å². The molecule has 0 bridgehead atoms. The molecule has 0 saturated carbocycles. The van der Waals surface area contributed by atoms with Gasteiger partial charge in [-0.1, -0.05) is 0 Å². The molecule has 0 aliphatic carbocycles. The van der Waals surface area contributed by atoms with Crippen LogP contribution < -0.4 is 0 Å². The molecule has 0 heterocycles. The van der Waals surface area contributed by atoms with E-state index in [2.05, 4.69) is 0 Å². The Balaban J connectivity index is 4.18. The van der Waals surface area contributed by atoms with Crippen LogP contribution in [0.15, 0.2) is 0 Å². The fourth-order valence-corrected chi connectivity index (χ4v) is 2.58. The molecule has 0 rings (SSSR count). The highest BCUT2D eigenvalue weighted by Crippen LogP contribution is 2.34. The maximum atomic E-state index is 12.3. The molecule has 0 aliphatic heterocycles. The molecule has 0 spiro atoms. The Morgan fingerprint density at radius 1 is 1.19 bits per heavy atom. The largest absolute Gasteiger partial charge is 0.416 e. The molecule has 16 heavy (non-hydrogen) atoms. The lowest BCUT2D eigenvalue weighted by Gasteiger charge is -2.28. The number of hydrogen-bond acceptors (Lipinski definition) is 3. The van der Waals surface area contributed by atoms with Crippen LogP contribution in [0.1, 0.15) is 19.8 Å². The topological polar surface area (TPSA) is 38.7 Å². The molecule has 0 aromatic carbocycles. The maximum Gasteiger partial charge on any atom is 0.416 e.